The van der Waals surface area contributed by atoms with Gasteiger partial charge in [-0.25, -0.2) is 9.37 Å². The number of rotatable bonds is 3. The van der Waals surface area contributed by atoms with Crippen molar-refractivity contribution in [2.45, 2.75) is 6.42 Å². The van der Waals surface area contributed by atoms with Crippen LogP contribution in [-0.4, -0.2) is 9.55 Å². The van der Waals surface area contributed by atoms with Crippen LogP contribution in [0.4, 0.5) is 4.39 Å². The van der Waals surface area contributed by atoms with Gasteiger partial charge in [0.25, 0.3) is 0 Å². The van der Waals surface area contributed by atoms with Crippen molar-refractivity contribution in [1.29, 1.82) is 0 Å². The van der Waals surface area contributed by atoms with Crippen LogP contribution in [0.5, 0.6) is 0 Å². The summed E-state index contributed by atoms with van der Waals surface area (Å²) in [7, 11) is 0. The molecule has 0 atom stereocenters. The van der Waals surface area contributed by atoms with Gasteiger partial charge >= 0.3 is 0 Å². The molecule has 0 aliphatic heterocycles. The van der Waals surface area contributed by atoms with Crippen LogP contribution >= 0.6 is 11.6 Å². The first-order valence-electron chi connectivity index (χ1n) is 6.24. The van der Waals surface area contributed by atoms with E-state index in [-0.39, 0.29) is 5.82 Å². The Hall–Kier alpha value is -2.13. The van der Waals surface area contributed by atoms with Crippen molar-refractivity contribution >= 4 is 11.6 Å². The smallest absolute Gasteiger partial charge is 0.126 e. The van der Waals surface area contributed by atoms with Gasteiger partial charge in [-0.1, -0.05) is 35.9 Å². The highest BCUT2D eigenvalue weighted by molar-refractivity contribution is 6.30. The number of imidazole rings is 1. The van der Waals surface area contributed by atoms with Crippen LogP contribution < -0.4 is 0 Å². The summed E-state index contributed by atoms with van der Waals surface area (Å²) in [6, 6.07) is 12.4. The highest BCUT2D eigenvalue weighted by Gasteiger charge is 2.09. The molecule has 20 heavy (non-hydrogen) atoms. The second kappa shape index (κ2) is 5.47. The van der Waals surface area contributed by atoms with Crippen molar-refractivity contribution in [3.63, 3.8) is 0 Å². The maximum Gasteiger partial charge on any atom is 0.126 e. The topological polar surface area (TPSA) is 17.8 Å². The Morgan fingerprint density at radius 1 is 1.10 bits per heavy atom. The number of halogens is 2. The molecule has 0 aliphatic rings. The predicted octanol–water partition coefficient (Wildman–Crippen LogP) is 4.26. The fraction of sp³-hybridized carbons (Fsp3) is 0.0625. The molecule has 0 spiro atoms. The molecular formula is C16H12ClFN2. The number of hydrogen-bond donors (Lipinski definition) is 0. The lowest BCUT2D eigenvalue weighted by Gasteiger charge is -2.11. The molecule has 100 valence electrons. The summed E-state index contributed by atoms with van der Waals surface area (Å²) < 4.78 is 15.7. The molecule has 2 aromatic carbocycles. The van der Waals surface area contributed by atoms with E-state index in [4.69, 9.17) is 11.6 Å². The first-order chi connectivity index (χ1) is 9.74. The van der Waals surface area contributed by atoms with E-state index in [1.807, 2.05) is 35.0 Å². The van der Waals surface area contributed by atoms with Crippen LogP contribution in [0.25, 0.3) is 5.69 Å². The molecule has 0 saturated carbocycles. The molecule has 0 aliphatic carbocycles. The molecule has 1 aromatic heterocycles. The molecule has 0 unspecified atom stereocenters. The van der Waals surface area contributed by atoms with Crippen molar-refractivity contribution < 1.29 is 4.39 Å². The maximum atomic E-state index is 13.8. The lowest BCUT2D eigenvalue weighted by molar-refractivity contribution is 0.614. The third-order valence-electron chi connectivity index (χ3n) is 3.17. The third kappa shape index (κ3) is 2.58. The van der Waals surface area contributed by atoms with Crippen molar-refractivity contribution in [2.75, 3.05) is 0 Å². The minimum absolute atomic E-state index is 0.195. The molecule has 0 N–H and O–H groups in total. The monoisotopic (exact) mass is 286 g/mol. The van der Waals surface area contributed by atoms with Gasteiger partial charge in [0.2, 0.25) is 0 Å². The van der Waals surface area contributed by atoms with E-state index in [9.17, 15) is 4.39 Å². The molecule has 0 fully saturated rings. The van der Waals surface area contributed by atoms with Gasteiger partial charge in [0.05, 0.1) is 12.0 Å². The standard InChI is InChI=1S/C16H12ClFN2/c17-14-6-5-13(9-12-3-1-2-4-15(12)18)16(10-14)20-8-7-19-11-20/h1-8,10-11H,9H2. The van der Waals surface area contributed by atoms with E-state index < -0.39 is 0 Å². The number of aromatic nitrogens is 2. The Morgan fingerprint density at radius 2 is 1.95 bits per heavy atom. The molecule has 0 saturated heterocycles. The largest absolute Gasteiger partial charge is 0.306 e. The van der Waals surface area contributed by atoms with Gasteiger partial charge in [0.15, 0.2) is 0 Å². The normalized spacial score (nSPS) is 10.7. The minimum Gasteiger partial charge on any atom is -0.306 e. The Labute approximate surface area is 121 Å². The first-order valence-corrected chi connectivity index (χ1v) is 6.62. The van der Waals surface area contributed by atoms with Crippen LogP contribution in [-0.2, 0) is 6.42 Å². The molecule has 4 heteroatoms. The maximum absolute atomic E-state index is 13.8. The van der Waals surface area contributed by atoms with Gasteiger partial charge in [-0.3, -0.25) is 0 Å². The summed E-state index contributed by atoms with van der Waals surface area (Å²) >= 11 is 6.06. The number of hydrogen-bond acceptors (Lipinski definition) is 1. The molecular weight excluding hydrogens is 275 g/mol. The summed E-state index contributed by atoms with van der Waals surface area (Å²) in [5.41, 5.74) is 2.58. The van der Waals surface area contributed by atoms with Crippen molar-refractivity contribution in [1.82, 2.24) is 9.55 Å². The Kier molecular flexibility index (Phi) is 3.52. The van der Waals surface area contributed by atoms with E-state index in [0.717, 1.165) is 11.3 Å². The molecule has 0 amide bonds. The summed E-state index contributed by atoms with van der Waals surface area (Å²) in [6.07, 6.45) is 5.76. The van der Waals surface area contributed by atoms with Gasteiger partial charge in [0, 0.05) is 23.8 Å². The number of benzene rings is 2. The van der Waals surface area contributed by atoms with Crippen LogP contribution in [0.3, 0.4) is 0 Å². The van der Waals surface area contributed by atoms with Gasteiger partial charge in [-0.15, -0.1) is 0 Å². The van der Waals surface area contributed by atoms with Crippen LogP contribution in [0.2, 0.25) is 5.02 Å². The Balaban J connectivity index is 2.04. The SMILES string of the molecule is Fc1ccccc1Cc1ccc(Cl)cc1-n1ccnc1. The molecule has 0 radical (unpaired) electrons. The zero-order valence-corrected chi connectivity index (χ0v) is 11.4. The van der Waals surface area contributed by atoms with Gasteiger partial charge in [0.1, 0.15) is 5.82 Å². The first kappa shape index (κ1) is 12.9. The summed E-state index contributed by atoms with van der Waals surface area (Å²) in [4.78, 5) is 4.04. The van der Waals surface area contributed by atoms with Crippen LogP contribution in [0, 0.1) is 5.82 Å². The summed E-state index contributed by atoms with van der Waals surface area (Å²) in [6.45, 7) is 0. The summed E-state index contributed by atoms with van der Waals surface area (Å²) in [5.74, 6) is -0.195. The average Bonchev–Trinajstić information content (AvgIpc) is 2.97. The van der Waals surface area contributed by atoms with E-state index in [2.05, 4.69) is 4.98 Å². The molecule has 0 bridgehead atoms. The lowest BCUT2D eigenvalue weighted by Crippen LogP contribution is -2.00. The van der Waals surface area contributed by atoms with E-state index >= 15 is 0 Å². The zero-order chi connectivity index (χ0) is 13.9. The highest BCUT2D eigenvalue weighted by atomic mass is 35.5. The van der Waals surface area contributed by atoms with E-state index in [1.165, 1.54) is 6.07 Å². The fourth-order valence-electron chi connectivity index (χ4n) is 2.18. The van der Waals surface area contributed by atoms with Gasteiger partial charge < -0.3 is 4.57 Å². The van der Waals surface area contributed by atoms with Crippen LogP contribution in [0.15, 0.2) is 61.2 Å². The zero-order valence-electron chi connectivity index (χ0n) is 10.6. The summed E-state index contributed by atoms with van der Waals surface area (Å²) in [5, 5.41) is 0.644. The highest BCUT2D eigenvalue weighted by Crippen LogP contribution is 2.23. The Morgan fingerprint density at radius 3 is 2.70 bits per heavy atom. The molecule has 3 rings (SSSR count). The Bertz CT molecular complexity index is 723. The molecule has 2 nitrogen and oxygen atoms in total. The fourth-order valence-corrected chi connectivity index (χ4v) is 2.34. The second-order valence-corrected chi connectivity index (χ2v) is 4.95. The minimum atomic E-state index is -0.195. The number of nitrogens with zero attached hydrogens (tertiary/aromatic N) is 2. The second-order valence-electron chi connectivity index (χ2n) is 4.51. The predicted molar refractivity (Wildman–Crippen MR) is 77.8 cm³/mol. The van der Waals surface area contributed by atoms with E-state index in [0.29, 0.717) is 17.0 Å². The van der Waals surface area contributed by atoms with E-state index in [1.54, 1.807) is 24.7 Å². The van der Waals surface area contributed by atoms with Crippen molar-refractivity contribution in [3.05, 3.63) is 83.2 Å². The van der Waals surface area contributed by atoms with Gasteiger partial charge in [-0.05, 0) is 29.3 Å². The van der Waals surface area contributed by atoms with Crippen molar-refractivity contribution in [3.8, 4) is 5.69 Å². The van der Waals surface area contributed by atoms with Gasteiger partial charge in [-0.2, -0.15) is 0 Å². The quantitative estimate of drug-likeness (QED) is 0.703. The third-order valence-corrected chi connectivity index (χ3v) is 3.40. The molecule has 3 aromatic rings. The average molecular weight is 287 g/mol. The molecule has 1 heterocycles. The lowest BCUT2D eigenvalue weighted by atomic mass is 10.0. The van der Waals surface area contributed by atoms with Crippen LogP contribution in [0.1, 0.15) is 11.1 Å². The van der Waals surface area contributed by atoms with Crippen molar-refractivity contribution in [2.24, 2.45) is 0 Å².